The highest BCUT2D eigenvalue weighted by Crippen LogP contribution is 2.60. The van der Waals surface area contributed by atoms with Crippen molar-refractivity contribution in [3.63, 3.8) is 0 Å². The fraction of sp³-hybridized carbons (Fsp3) is 0.0455. The summed E-state index contributed by atoms with van der Waals surface area (Å²) in [6.45, 7) is 4.17. The lowest BCUT2D eigenvalue weighted by molar-refractivity contribution is 0.476. The van der Waals surface area contributed by atoms with Crippen LogP contribution in [0.2, 0.25) is 0 Å². The predicted octanol–water partition coefficient (Wildman–Crippen LogP) is 13.1. The first kappa shape index (κ1) is 29.7. The summed E-state index contributed by atoms with van der Waals surface area (Å²) in [6.07, 6.45) is 0. The van der Waals surface area contributed by atoms with Crippen molar-refractivity contribution in [3.8, 4) is 45.3 Å². The Kier molecular flexibility index (Phi) is 6.92. The Hall–Kier alpha value is -6.40. The quantitative estimate of drug-likeness (QED) is 0.188. The first-order chi connectivity index (χ1) is 24.5. The molecule has 7 aromatic rings. The number of anilines is 6. The van der Waals surface area contributed by atoms with E-state index in [4.69, 9.17) is 9.47 Å². The van der Waals surface area contributed by atoms with Gasteiger partial charge in [0.05, 0.1) is 34.1 Å². The van der Waals surface area contributed by atoms with Gasteiger partial charge >= 0.3 is 0 Å². The number of para-hydroxylation sites is 8. The SMILES string of the molecule is Cc1c(-c2cccc(F)c2)c(N2c3ccccc3Oc3ccccc32)c(-c2cccc(F)c2)c(C)c1N1c2ccccc2Oc2ccccc21. The van der Waals surface area contributed by atoms with Crippen molar-refractivity contribution < 1.29 is 18.3 Å². The first-order valence-corrected chi connectivity index (χ1v) is 16.5. The topological polar surface area (TPSA) is 24.9 Å². The average Bonchev–Trinajstić information content (AvgIpc) is 3.13. The van der Waals surface area contributed by atoms with E-state index in [-0.39, 0.29) is 11.6 Å². The fourth-order valence-corrected chi connectivity index (χ4v) is 7.44. The Bertz CT molecular complexity index is 2310. The van der Waals surface area contributed by atoms with Gasteiger partial charge in [0.2, 0.25) is 0 Å². The van der Waals surface area contributed by atoms with Crippen molar-refractivity contribution >= 4 is 34.1 Å². The summed E-state index contributed by atoms with van der Waals surface area (Å²) in [5, 5.41) is 0. The van der Waals surface area contributed by atoms with Gasteiger partial charge < -0.3 is 19.3 Å². The Labute approximate surface area is 289 Å². The molecule has 50 heavy (non-hydrogen) atoms. The lowest BCUT2D eigenvalue weighted by Crippen LogP contribution is -2.22. The summed E-state index contributed by atoms with van der Waals surface area (Å²) >= 11 is 0. The van der Waals surface area contributed by atoms with Crippen molar-refractivity contribution in [1.82, 2.24) is 0 Å². The minimum Gasteiger partial charge on any atom is -0.453 e. The van der Waals surface area contributed by atoms with E-state index in [0.29, 0.717) is 34.1 Å². The zero-order valence-electron chi connectivity index (χ0n) is 27.3. The Morgan fingerprint density at radius 1 is 0.400 bits per heavy atom. The molecule has 0 aromatic heterocycles. The molecule has 0 bridgehead atoms. The van der Waals surface area contributed by atoms with Gasteiger partial charge in [0.1, 0.15) is 11.6 Å². The van der Waals surface area contributed by atoms with Gasteiger partial charge in [-0.1, -0.05) is 72.8 Å². The fourth-order valence-electron chi connectivity index (χ4n) is 7.44. The summed E-state index contributed by atoms with van der Waals surface area (Å²) in [5.74, 6) is 2.07. The molecule has 242 valence electrons. The number of fused-ring (bicyclic) bond motifs is 4. The maximum atomic E-state index is 15.3. The molecule has 0 fully saturated rings. The number of hydrogen-bond donors (Lipinski definition) is 0. The maximum Gasteiger partial charge on any atom is 0.151 e. The molecule has 9 rings (SSSR count). The second-order valence-corrected chi connectivity index (χ2v) is 12.5. The molecule has 0 spiro atoms. The van der Waals surface area contributed by atoms with E-state index in [0.717, 1.165) is 56.4 Å². The van der Waals surface area contributed by atoms with Crippen LogP contribution >= 0.6 is 0 Å². The molecular formula is C44H30F2N2O2. The van der Waals surface area contributed by atoms with Crippen molar-refractivity contribution in [3.05, 3.63) is 168 Å². The van der Waals surface area contributed by atoms with Gasteiger partial charge in [0.25, 0.3) is 0 Å². The van der Waals surface area contributed by atoms with E-state index in [9.17, 15) is 0 Å². The van der Waals surface area contributed by atoms with Gasteiger partial charge in [-0.25, -0.2) is 8.78 Å². The lowest BCUT2D eigenvalue weighted by atomic mass is 9.85. The standard InChI is InChI=1S/C44H30F2N2O2/c1-27-41(29-13-11-15-31(45)25-29)44(48-35-19-5-9-23-39(35)50-40-24-10-6-20-36(40)48)42(30-14-12-16-32(46)26-30)28(2)43(27)47-33-17-3-7-21-37(33)49-38-22-8-4-18-34(38)47/h3-26H,1-2H3. The van der Waals surface area contributed by atoms with E-state index >= 15 is 8.78 Å². The smallest absolute Gasteiger partial charge is 0.151 e. The predicted molar refractivity (Wildman–Crippen MR) is 196 cm³/mol. The number of benzene rings is 7. The molecule has 7 aromatic carbocycles. The third-order valence-electron chi connectivity index (χ3n) is 9.47. The number of rotatable bonds is 4. The minimum atomic E-state index is -0.355. The second-order valence-electron chi connectivity index (χ2n) is 12.5. The summed E-state index contributed by atoms with van der Waals surface area (Å²) in [6, 6.07) is 45.0. The molecule has 2 aliphatic rings. The molecule has 0 unspecified atom stereocenters. The highest BCUT2D eigenvalue weighted by Gasteiger charge is 2.36. The zero-order chi connectivity index (χ0) is 33.9. The van der Waals surface area contributed by atoms with Crippen LogP contribution in [0, 0.1) is 25.5 Å². The van der Waals surface area contributed by atoms with Crippen LogP contribution in [0.25, 0.3) is 22.3 Å². The molecule has 2 heterocycles. The Morgan fingerprint density at radius 2 is 0.740 bits per heavy atom. The van der Waals surface area contributed by atoms with Crippen LogP contribution < -0.4 is 19.3 Å². The van der Waals surface area contributed by atoms with Crippen molar-refractivity contribution in [2.75, 3.05) is 9.80 Å². The molecule has 0 amide bonds. The van der Waals surface area contributed by atoms with E-state index in [1.54, 1.807) is 24.3 Å². The number of hydrogen-bond acceptors (Lipinski definition) is 4. The van der Waals surface area contributed by atoms with Crippen molar-refractivity contribution in [1.29, 1.82) is 0 Å². The normalized spacial score (nSPS) is 12.6. The number of halogens is 2. The first-order valence-electron chi connectivity index (χ1n) is 16.5. The summed E-state index contributed by atoms with van der Waals surface area (Å²) < 4.78 is 43.5. The van der Waals surface area contributed by atoms with Crippen molar-refractivity contribution in [2.45, 2.75) is 13.8 Å². The van der Waals surface area contributed by atoms with Crippen LogP contribution in [-0.4, -0.2) is 0 Å². The van der Waals surface area contributed by atoms with Crippen LogP contribution in [0.3, 0.4) is 0 Å². The average molecular weight is 657 g/mol. The van der Waals surface area contributed by atoms with Gasteiger partial charge in [0, 0.05) is 11.1 Å². The third kappa shape index (κ3) is 4.64. The van der Waals surface area contributed by atoms with E-state index < -0.39 is 0 Å². The largest absolute Gasteiger partial charge is 0.453 e. The monoisotopic (exact) mass is 656 g/mol. The third-order valence-corrected chi connectivity index (χ3v) is 9.47. The minimum absolute atomic E-state index is 0.355. The number of nitrogens with zero attached hydrogens (tertiary/aromatic N) is 2. The van der Waals surface area contributed by atoms with Gasteiger partial charge in [-0.2, -0.15) is 0 Å². The second kappa shape index (κ2) is 11.6. The molecule has 0 aliphatic carbocycles. The van der Waals surface area contributed by atoms with Gasteiger partial charge in [-0.05, 0) is 109 Å². The molecular weight excluding hydrogens is 626 g/mol. The highest BCUT2D eigenvalue weighted by molar-refractivity contribution is 6.06. The van der Waals surface area contributed by atoms with E-state index in [1.165, 1.54) is 12.1 Å². The van der Waals surface area contributed by atoms with Crippen LogP contribution in [0.1, 0.15) is 11.1 Å². The zero-order valence-corrected chi connectivity index (χ0v) is 27.3. The van der Waals surface area contributed by atoms with Gasteiger partial charge in [-0.15, -0.1) is 0 Å². The number of ether oxygens (including phenoxy) is 2. The Morgan fingerprint density at radius 3 is 1.10 bits per heavy atom. The molecule has 0 saturated heterocycles. The van der Waals surface area contributed by atoms with E-state index in [2.05, 4.69) is 23.6 Å². The van der Waals surface area contributed by atoms with E-state index in [1.807, 2.05) is 109 Å². The van der Waals surface area contributed by atoms with Gasteiger partial charge in [0.15, 0.2) is 23.0 Å². The van der Waals surface area contributed by atoms with Gasteiger partial charge in [-0.3, -0.25) is 0 Å². The molecule has 4 nitrogen and oxygen atoms in total. The molecule has 0 atom stereocenters. The molecule has 6 heteroatoms. The van der Waals surface area contributed by atoms with Crippen LogP contribution in [0.4, 0.5) is 42.9 Å². The maximum absolute atomic E-state index is 15.3. The summed E-state index contributed by atoms with van der Waals surface area (Å²) in [7, 11) is 0. The molecule has 0 saturated carbocycles. The molecule has 0 radical (unpaired) electrons. The van der Waals surface area contributed by atoms with Crippen LogP contribution in [-0.2, 0) is 0 Å². The molecule has 2 aliphatic heterocycles. The molecule has 0 N–H and O–H groups in total. The Balaban J connectivity index is 1.48. The highest BCUT2D eigenvalue weighted by atomic mass is 19.1. The lowest BCUT2D eigenvalue weighted by Gasteiger charge is -2.40. The van der Waals surface area contributed by atoms with Crippen molar-refractivity contribution in [2.24, 2.45) is 0 Å². The summed E-state index contributed by atoms with van der Waals surface area (Å²) in [5.41, 5.74) is 9.85. The van der Waals surface area contributed by atoms with Crippen LogP contribution in [0.5, 0.6) is 23.0 Å². The summed E-state index contributed by atoms with van der Waals surface area (Å²) in [4.78, 5) is 4.40. The van der Waals surface area contributed by atoms with Crippen LogP contribution in [0.15, 0.2) is 146 Å².